The molecule has 1 fully saturated rings. The highest BCUT2D eigenvalue weighted by atomic mass is 16.7. The van der Waals surface area contributed by atoms with Crippen LogP contribution < -0.4 is 15.5 Å². The summed E-state index contributed by atoms with van der Waals surface area (Å²) in [5, 5.41) is 66.0. The highest BCUT2D eigenvalue weighted by Crippen LogP contribution is 2.55. The summed E-state index contributed by atoms with van der Waals surface area (Å²) in [7, 11) is 1.45. The summed E-state index contributed by atoms with van der Waals surface area (Å²) in [6, 6.07) is 0.0252. The van der Waals surface area contributed by atoms with Crippen molar-refractivity contribution in [1.82, 2.24) is 5.43 Å². The van der Waals surface area contributed by atoms with Crippen molar-refractivity contribution in [3.05, 3.63) is 52.8 Å². The fourth-order valence-electron chi connectivity index (χ4n) is 9.90. The van der Waals surface area contributed by atoms with Crippen molar-refractivity contribution in [2.45, 2.75) is 182 Å². The van der Waals surface area contributed by atoms with Crippen molar-refractivity contribution in [1.29, 1.82) is 0 Å². The molecule has 6 rings (SSSR count). The Morgan fingerprint density at radius 3 is 1.99 bits per heavy atom. The number of fused-ring (bicyclic) bond motifs is 14. The Hall–Kier alpha value is -5.12. The molecule has 15 nitrogen and oxygen atoms in total. The van der Waals surface area contributed by atoms with Crippen LogP contribution in [0.25, 0.3) is 10.8 Å². The third-order valence-electron chi connectivity index (χ3n) is 14.3. The second-order valence-electron chi connectivity index (χ2n) is 19.5. The first-order chi connectivity index (χ1) is 32.3. The second-order valence-corrected chi connectivity index (χ2v) is 19.5. The first-order valence-electron chi connectivity index (χ1n) is 24.7. The number of ketones is 1. The van der Waals surface area contributed by atoms with E-state index in [9.17, 15) is 39.9 Å². The predicted octanol–water partition coefficient (Wildman–Crippen LogP) is 9.52. The lowest BCUT2D eigenvalue weighted by Crippen LogP contribution is -2.46. The zero-order valence-electron chi connectivity index (χ0n) is 41.6. The van der Waals surface area contributed by atoms with E-state index in [2.05, 4.69) is 15.8 Å². The van der Waals surface area contributed by atoms with Gasteiger partial charge in [-0.05, 0) is 32.8 Å². The number of hydrazone groups is 1. The minimum Gasteiger partial charge on any atom is -0.507 e. The molecule has 5 bridgehead atoms. The van der Waals surface area contributed by atoms with E-state index in [0.29, 0.717) is 0 Å². The molecule has 3 aliphatic heterocycles. The van der Waals surface area contributed by atoms with Crippen LogP contribution in [0, 0.1) is 30.6 Å². The molecule has 376 valence electrons. The van der Waals surface area contributed by atoms with Crippen molar-refractivity contribution in [3.63, 3.8) is 0 Å². The Kier molecular flexibility index (Phi) is 19.3. The average molecular weight is 948 g/mol. The third-order valence-corrected chi connectivity index (χ3v) is 14.3. The number of carbonyl (C=O) groups is 3. The Morgan fingerprint density at radius 2 is 1.41 bits per heavy atom. The van der Waals surface area contributed by atoms with Crippen molar-refractivity contribution >= 4 is 40.3 Å². The molecule has 0 spiro atoms. The van der Waals surface area contributed by atoms with Crippen LogP contribution in [0.5, 0.6) is 23.0 Å². The van der Waals surface area contributed by atoms with Crippen LogP contribution in [-0.4, -0.2) is 92.8 Å². The first kappa shape index (κ1) is 53.8. The van der Waals surface area contributed by atoms with Gasteiger partial charge < -0.3 is 55.2 Å². The van der Waals surface area contributed by atoms with Crippen LogP contribution in [0.3, 0.4) is 0 Å². The smallest absolute Gasteiger partial charge is 0.312 e. The molecule has 2 aromatic carbocycles. The molecule has 1 saturated carbocycles. The highest BCUT2D eigenvalue weighted by molar-refractivity contribution is 6.23. The van der Waals surface area contributed by atoms with Crippen LogP contribution in [0.4, 0.5) is 5.69 Å². The lowest BCUT2D eigenvalue weighted by Gasteiger charge is -2.38. The van der Waals surface area contributed by atoms with Crippen LogP contribution >= 0.6 is 0 Å². The number of rotatable bonds is 5. The predicted molar refractivity (Wildman–Crippen MR) is 263 cm³/mol. The zero-order valence-corrected chi connectivity index (χ0v) is 41.6. The number of aliphatic hydroxyl groups is 2. The molecule has 0 saturated heterocycles. The topological polar surface area (TPSA) is 226 Å². The molecule has 2 aromatic rings. The van der Waals surface area contributed by atoms with E-state index in [1.54, 1.807) is 46.8 Å². The number of phenolic OH excluding ortho intramolecular Hbond substituents is 3. The molecule has 0 radical (unpaired) electrons. The largest absolute Gasteiger partial charge is 0.507 e. The van der Waals surface area contributed by atoms with Gasteiger partial charge in [0.1, 0.15) is 23.4 Å². The number of benzene rings is 2. The van der Waals surface area contributed by atoms with Gasteiger partial charge in [-0.1, -0.05) is 123 Å². The Bertz CT molecular complexity index is 2200. The summed E-state index contributed by atoms with van der Waals surface area (Å²) in [6.45, 7) is 12.6. The summed E-state index contributed by atoms with van der Waals surface area (Å²) in [5.74, 6) is -8.30. The number of nitrogens with zero attached hydrogens (tertiary/aromatic N) is 1. The minimum absolute atomic E-state index is 0.0252. The van der Waals surface area contributed by atoms with Gasteiger partial charge in [0.05, 0.1) is 53.0 Å². The number of allylic oxidation sites excluding steroid dienone is 2. The average Bonchev–Trinajstić information content (AvgIpc) is 3.56. The van der Waals surface area contributed by atoms with Crippen molar-refractivity contribution in [3.8, 4) is 23.0 Å². The molecule has 4 aliphatic rings. The van der Waals surface area contributed by atoms with Crippen LogP contribution in [0.15, 0.2) is 41.2 Å². The quantitative estimate of drug-likeness (QED) is 0.0488. The van der Waals surface area contributed by atoms with Gasteiger partial charge in [0.25, 0.3) is 11.7 Å². The van der Waals surface area contributed by atoms with Crippen molar-refractivity contribution in [2.75, 3.05) is 12.4 Å². The minimum atomic E-state index is -2.05. The number of amides is 1. The van der Waals surface area contributed by atoms with E-state index in [1.165, 1.54) is 104 Å². The van der Waals surface area contributed by atoms with Gasteiger partial charge >= 0.3 is 11.8 Å². The number of anilines is 1. The summed E-state index contributed by atoms with van der Waals surface area (Å²) < 4.78 is 23.8. The van der Waals surface area contributed by atoms with E-state index in [-0.39, 0.29) is 50.5 Å². The lowest BCUT2D eigenvalue weighted by molar-refractivity contribution is -0.160. The Balaban J connectivity index is 1.63. The standard InChI is InChI=1S/C53H77N3O12/c1-30-23-22-24-31(2)52(64)55-43-38(29-54-56-37-25-20-18-16-14-12-10-11-13-15-17-19-21-26-37)47(61)40-41(48(43)62)46(60)35(6)50-42(40)51(63)53(8,68-50)66-28-27-39(65-9)32(3)49(67-36(7)57)34(5)45(59)33(4)44(30)58/h22-24,27-30,32-34,37,39,44-45,49,56,58-62H,10-21,25-26H2,1-9H3,(H,55,64)/b23-22+,28-27+,31-24-,54-29-/t30-,32+,33+,34+,39-,44-,45+,49+,53-/m0/s1. The number of phenols is 3. The Morgan fingerprint density at radius 1 is 0.824 bits per heavy atom. The number of methoxy groups -OCH3 is 1. The number of ether oxygens (including phenoxy) is 4. The number of carbonyl (C=O) groups excluding carboxylic acids is 3. The van der Waals surface area contributed by atoms with Gasteiger partial charge in [0.2, 0.25) is 0 Å². The van der Waals surface area contributed by atoms with Gasteiger partial charge in [-0.2, -0.15) is 5.10 Å². The molecule has 15 heteroatoms. The van der Waals surface area contributed by atoms with E-state index in [1.807, 2.05) is 0 Å². The second kappa shape index (κ2) is 24.4. The maximum absolute atomic E-state index is 14.6. The van der Waals surface area contributed by atoms with Gasteiger partial charge in [-0.3, -0.25) is 14.4 Å². The van der Waals surface area contributed by atoms with E-state index < -0.39 is 88.8 Å². The molecule has 1 aliphatic carbocycles. The fourth-order valence-corrected chi connectivity index (χ4v) is 9.90. The summed E-state index contributed by atoms with van der Waals surface area (Å²) >= 11 is 0. The van der Waals surface area contributed by atoms with E-state index in [0.717, 1.165) is 38.5 Å². The van der Waals surface area contributed by atoms with Gasteiger partial charge in [-0.15, -0.1) is 0 Å². The van der Waals surface area contributed by atoms with Gasteiger partial charge in [-0.25, -0.2) is 0 Å². The monoisotopic (exact) mass is 948 g/mol. The molecule has 68 heavy (non-hydrogen) atoms. The number of aliphatic hydroxyl groups excluding tert-OH is 2. The summed E-state index contributed by atoms with van der Waals surface area (Å²) in [4.78, 5) is 41.0. The van der Waals surface area contributed by atoms with Crippen LogP contribution in [0.2, 0.25) is 0 Å². The molecule has 0 unspecified atom stereocenters. The fraction of sp³-hybridized carbons (Fsp3) is 0.623. The number of hydrogen-bond donors (Lipinski definition) is 7. The summed E-state index contributed by atoms with van der Waals surface area (Å²) in [5.41, 5.74) is 2.98. The van der Waals surface area contributed by atoms with E-state index in [4.69, 9.17) is 18.9 Å². The van der Waals surface area contributed by atoms with Crippen LogP contribution in [-0.2, 0) is 23.8 Å². The normalized spacial score (nSPS) is 30.9. The molecule has 9 atom stereocenters. The molecular weight excluding hydrogens is 871 g/mol. The molecule has 1 amide bonds. The number of Topliss-reactive ketones (excluding diaryl/α,β-unsaturated/α-hetero) is 1. The van der Waals surface area contributed by atoms with Crippen molar-refractivity contribution in [2.24, 2.45) is 28.8 Å². The lowest BCUT2D eigenvalue weighted by atomic mass is 9.78. The van der Waals surface area contributed by atoms with Crippen molar-refractivity contribution < 1.29 is 58.9 Å². The number of aromatic hydroxyl groups is 3. The SMILES string of the molecule is CO[C@H]1/C=C/O[C@@]2(C)Oc3c(C)c(O)c4c(O)c(c(/C=N\NC5CCCCCCCCCCCCCC5)c(O)c4c3C2=O)NC(=O)/C(C)=C\C=C\[C@H](C)[C@H](O)[C@@H](C)[C@@H](O)[C@@H](C)[C@H](OC(C)=O)[C@@H]1C. The number of hydrogen-bond acceptors (Lipinski definition) is 14. The van der Waals surface area contributed by atoms with Crippen LogP contribution in [0.1, 0.15) is 160 Å². The zero-order chi connectivity index (χ0) is 49.9. The first-order valence-corrected chi connectivity index (χ1v) is 24.7. The third kappa shape index (κ3) is 12.6. The highest BCUT2D eigenvalue weighted by Gasteiger charge is 2.50. The molecular formula is C53H77N3O12. The molecule has 3 heterocycles. The van der Waals surface area contributed by atoms with Gasteiger partial charge in [0.15, 0.2) is 5.75 Å². The molecule has 7 N–H and O–H groups in total. The van der Waals surface area contributed by atoms with Gasteiger partial charge in [0, 0.05) is 67.2 Å². The molecule has 0 aromatic heterocycles. The maximum atomic E-state index is 14.6. The Labute approximate surface area is 402 Å². The number of esters is 1. The van der Waals surface area contributed by atoms with E-state index >= 15 is 0 Å². The summed E-state index contributed by atoms with van der Waals surface area (Å²) in [6.07, 6.45) is 21.0. The number of nitrogens with one attached hydrogen (secondary N) is 2. The maximum Gasteiger partial charge on any atom is 0.312 e.